The average molecular weight is 235 g/mol. The Morgan fingerprint density at radius 2 is 2.13 bits per heavy atom. The highest BCUT2D eigenvalue weighted by atomic mass is 35.5. The van der Waals surface area contributed by atoms with Gasteiger partial charge in [0, 0.05) is 11.9 Å². The van der Waals surface area contributed by atoms with Gasteiger partial charge in [-0.05, 0) is 18.6 Å². The number of carbonyl (C=O) groups is 1. The van der Waals surface area contributed by atoms with Crippen molar-refractivity contribution in [1.29, 1.82) is 0 Å². The van der Waals surface area contributed by atoms with Crippen LogP contribution in [0.25, 0.3) is 0 Å². The number of benzene rings is 1. The van der Waals surface area contributed by atoms with Crippen LogP contribution in [-0.4, -0.2) is 12.6 Å². The molecule has 0 aliphatic rings. The van der Waals surface area contributed by atoms with Gasteiger partial charge in [0.25, 0.3) is 0 Å². The van der Waals surface area contributed by atoms with Gasteiger partial charge in [-0.1, -0.05) is 0 Å². The molecule has 1 aromatic carbocycles. The number of esters is 1. The van der Waals surface area contributed by atoms with Crippen LogP contribution in [0.3, 0.4) is 0 Å². The van der Waals surface area contributed by atoms with Crippen molar-refractivity contribution in [3.63, 3.8) is 0 Å². The second-order valence-corrected chi connectivity index (χ2v) is 3.04. The molecule has 0 fully saturated rings. The Kier molecular flexibility index (Phi) is 4.03. The summed E-state index contributed by atoms with van der Waals surface area (Å²) in [7, 11) is 0. The molecule has 5 heteroatoms. The van der Waals surface area contributed by atoms with Crippen LogP contribution in [0.4, 0.5) is 8.78 Å². The Balaban J connectivity index is 3.20. The van der Waals surface area contributed by atoms with Gasteiger partial charge < -0.3 is 4.74 Å². The highest BCUT2D eigenvalue weighted by molar-refractivity contribution is 6.17. The van der Waals surface area contributed by atoms with E-state index in [1.165, 1.54) is 0 Å². The van der Waals surface area contributed by atoms with E-state index in [-0.39, 0.29) is 23.6 Å². The number of alkyl halides is 1. The van der Waals surface area contributed by atoms with E-state index in [2.05, 4.69) is 4.74 Å². The summed E-state index contributed by atoms with van der Waals surface area (Å²) in [5.74, 6) is -2.70. The average Bonchev–Trinajstić information content (AvgIpc) is 2.16. The van der Waals surface area contributed by atoms with Crippen molar-refractivity contribution in [1.82, 2.24) is 0 Å². The molecular weight excluding hydrogens is 226 g/mol. The quantitative estimate of drug-likeness (QED) is 0.594. The lowest BCUT2D eigenvalue weighted by molar-refractivity contribution is 0.0520. The first-order valence-electron chi connectivity index (χ1n) is 4.31. The molecule has 0 aliphatic heterocycles. The highest BCUT2D eigenvalue weighted by Crippen LogP contribution is 2.19. The zero-order valence-corrected chi connectivity index (χ0v) is 8.78. The fraction of sp³-hybridized carbons (Fsp3) is 0.300. The summed E-state index contributed by atoms with van der Waals surface area (Å²) in [4.78, 5) is 11.3. The molecular formula is C10H9ClF2O2. The van der Waals surface area contributed by atoms with Crippen LogP contribution in [0.15, 0.2) is 12.1 Å². The molecule has 0 atom stereocenters. The Hall–Kier alpha value is -1.16. The number of halogens is 3. The maximum atomic E-state index is 13.3. The first-order chi connectivity index (χ1) is 7.10. The molecule has 15 heavy (non-hydrogen) atoms. The molecule has 82 valence electrons. The molecule has 0 heterocycles. The molecule has 0 N–H and O–H groups in total. The summed E-state index contributed by atoms with van der Waals surface area (Å²) < 4.78 is 30.7. The SMILES string of the molecule is CCOC(=O)c1c(F)cc(F)cc1CCl. The van der Waals surface area contributed by atoms with Crippen LogP contribution in [0.2, 0.25) is 0 Å². The second kappa shape index (κ2) is 5.07. The van der Waals surface area contributed by atoms with Gasteiger partial charge in [-0.3, -0.25) is 0 Å². The van der Waals surface area contributed by atoms with Crippen molar-refractivity contribution in [2.24, 2.45) is 0 Å². The molecule has 0 saturated carbocycles. The van der Waals surface area contributed by atoms with E-state index in [9.17, 15) is 13.6 Å². The number of carbonyl (C=O) groups excluding carboxylic acids is 1. The van der Waals surface area contributed by atoms with Crippen molar-refractivity contribution in [2.45, 2.75) is 12.8 Å². The van der Waals surface area contributed by atoms with Crippen LogP contribution in [-0.2, 0) is 10.6 Å². The maximum Gasteiger partial charge on any atom is 0.341 e. The zero-order valence-electron chi connectivity index (χ0n) is 8.02. The van der Waals surface area contributed by atoms with Gasteiger partial charge in [0.15, 0.2) is 0 Å². The first kappa shape index (κ1) is 11.9. The molecule has 0 spiro atoms. The van der Waals surface area contributed by atoms with Gasteiger partial charge in [0.1, 0.15) is 11.6 Å². The van der Waals surface area contributed by atoms with Gasteiger partial charge in [0.05, 0.1) is 12.2 Å². The van der Waals surface area contributed by atoms with Gasteiger partial charge in [-0.25, -0.2) is 13.6 Å². The van der Waals surface area contributed by atoms with Gasteiger partial charge >= 0.3 is 5.97 Å². The molecule has 0 saturated heterocycles. The first-order valence-corrected chi connectivity index (χ1v) is 4.84. The lowest BCUT2D eigenvalue weighted by Gasteiger charge is -2.07. The normalized spacial score (nSPS) is 10.1. The van der Waals surface area contributed by atoms with E-state index >= 15 is 0 Å². The fourth-order valence-corrected chi connectivity index (χ4v) is 1.37. The van der Waals surface area contributed by atoms with Crippen LogP contribution >= 0.6 is 11.6 Å². The maximum absolute atomic E-state index is 13.3. The summed E-state index contributed by atoms with van der Waals surface area (Å²) in [5.41, 5.74) is -0.208. The molecule has 0 unspecified atom stereocenters. The van der Waals surface area contributed by atoms with Crippen LogP contribution in [0.1, 0.15) is 22.8 Å². The number of hydrogen-bond acceptors (Lipinski definition) is 2. The van der Waals surface area contributed by atoms with E-state index in [1.807, 2.05) is 0 Å². The minimum absolute atomic E-state index is 0.0904. The van der Waals surface area contributed by atoms with E-state index in [4.69, 9.17) is 11.6 Å². The van der Waals surface area contributed by atoms with Gasteiger partial charge in [-0.15, -0.1) is 11.6 Å². The number of rotatable bonds is 3. The summed E-state index contributed by atoms with van der Waals surface area (Å²) in [6, 6.07) is 1.64. The van der Waals surface area contributed by atoms with Crippen LogP contribution in [0.5, 0.6) is 0 Å². The van der Waals surface area contributed by atoms with Crippen molar-refractivity contribution >= 4 is 17.6 Å². The van der Waals surface area contributed by atoms with E-state index in [1.54, 1.807) is 6.92 Å². The molecule has 1 rings (SSSR count). The minimum atomic E-state index is -0.955. The lowest BCUT2D eigenvalue weighted by Crippen LogP contribution is -2.10. The Morgan fingerprint density at radius 1 is 1.47 bits per heavy atom. The third-order valence-corrected chi connectivity index (χ3v) is 2.05. The fourth-order valence-electron chi connectivity index (χ4n) is 1.16. The number of hydrogen-bond donors (Lipinski definition) is 0. The van der Waals surface area contributed by atoms with Crippen molar-refractivity contribution in [3.8, 4) is 0 Å². The van der Waals surface area contributed by atoms with Crippen molar-refractivity contribution in [2.75, 3.05) is 6.61 Å². The Morgan fingerprint density at radius 3 is 2.67 bits per heavy atom. The number of ether oxygens (including phenoxy) is 1. The van der Waals surface area contributed by atoms with Crippen molar-refractivity contribution in [3.05, 3.63) is 34.9 Å². The zero-order chi connectivity index (χ0) is 11.4. The lowest BCUT2D eigenvalue weighted by atomic mass is 10.1. The third-order valence-electron chi connectivity index (χ3n) is 1.76. The Bertz CT molecular complexity index is 380. The molecule has 2 nitrogen and oxygen atoms in total. The monoisotopic (exact) mass is 234 g/mol. The molecule has 0 radical (unpaired) electrons. The molecule has 0 aliphatic carbocycles. The summed E-state index contributed by atoms with van der Waals surface area (Å²) in [6.45, 7) is 1.72. The smallest absolute Gasteiger partial charge is 0.341 e. The second-order valence-electron chi connectivity index (χ2n) is 2.78. The van der Waals surface area contributed by atoms with E-state index in [0.29, 0.717) is 6.07 Å². The topological polar surface area (TPSA) is 26.3 Å². The molecule has 1 aromatic rings. The van der Waals surface area contributed by atoms with E-state index < -0.39 is 17.6 Å². The van der Waals surface area contributed by atoms with E-state index in [0.717, 1.165) is 6.07 Å². The standard InChI is InChI=1S/C10H9ClF2O2/c1-2-15-10(14)9-6(5-11)3-7(12)4-8(9)13/h3-4H,2,5H2,1H3. The van der Waals surface area contributed by atoms with Gasteiger partial charge in [-0.2, -0.15) is 0 Å². The van der Waals surface area contributed by atoms with Crippen LogP contribution < -0.4 is 0 Å². The minimum Gasteiger partial charge on any atom is -0.462 e. The van der Waals surface area contributed by atoms with Crippen molar-refractivity contribution < 1.29 is 18.3 Å². The predicted octanol–water partition coefficient (Wildman–Crippen LogP) is 2.88. The van der Waals surface area contributed by atoms with Crippen LogP contribution in [0, 0.1) is 11.6 Å². The predicted molar refractivity (Wildman–Crippen MR) is 51.9 cm³/mol. The summed E-state index contributed by atoms with van der Waals surface area (Å²) >= 11 is 5.48. The largest absolute Gasteiger partial charge is 0.462 e. The molecule has 0 amide bonds. The molecule has 0 bridgehead atoms. The summed E-state index contributed by atoms with van der Waals surface area (Å²) in [6.07, 6.45) is 0. The third kappa shape index (κ3) is 2.65. The highest BCUT2D eigenvalue weighted by Gasteiger charge is 2.18. The Labute approximate surface area is 90.8 Å². The summed E-state index contributed by atoms with van der Waals surface area (Å²) in [5, 5.41) is 0. The molecule has 0 aromatic heterocycles. The van der Waals surface area contributed by atoms with Gasteiger partial charge in [0.2, 0.25) is 0 Å².